The molecule has 0 unspecified atom stereocenters. The number of aliphatic carboxylic acids is 1. The fourth-order valence-corrected chi connectivity index (χ4v) is 6.94. The van der Waals surface area contributed by atoms with Gasteiger partial charge in [0, 0.05) is 0 Å². The number of carboxylic acid groups (broad SMARTS) is 1. The third-order valence-electron chi connectivity index (χ3n) is 11.6. The van der Waals surface area contributed by atoms with Crippen molar-refractivity contribution in [1.82, 2.24) is 47.9 Å². The smallest absolute Gasteiger partial charge is 0.326 e. The zero-order valence-corrected chi connectivity index (χ0v) is 44.2. The molecule has 11 atom stereocenters. The zero-order valence-electron chi connectivity index (χ0n) is 44.2. The highest BCUT2D eigenvalue weighted by Gasteiger charge is 2.37. The highest BCUT2D eigenvalue weighted by atomic mass is 16.4. The Bertz CT molecular complexity index is 2020. The second-order valence-corrected chi connectivity index (χ2v) is 19.4. The molecule has 0 aliphatic heterocycles. The molecule has 0 aromatic rings. The van der Waals surface area contributed by atoms with E-state index in [1.165, 1.54) is 20.8 Å². The Balaban J connectivity index is 6.39. The number of nitrogens with two attached hydrogens (primary N) is 5. The maximum absolute atomic E-state index is 13.9. The van der Waals surface area contributed by atoms with Gasteiger partial charge in [0.2, 0.25) is 70.9 Å². The van der Waals surface area contributed by atoms with Crippen LogP contribution >= 0.6 is 0 Å². The minimum atomic E-state index is -1.90. The maximum atomic E-state index is 13.9. The first-order valence-electron chi connectivity index (χ1n) is 24.7. The topological polar surface area (TPSA) is 501 Å². The molecule has 0 radical (unpaired) electrons. The Morgan fingerprint density at radius 3 is 1.24 bits per heavy atom. The van der Waals surface area contributed by atoms with Crippen molar-refractivity contribution < 1.29 is 72.5 Å². The lowest BCUT2D eigenvalue weighted by Crippen LogP contribution is -2.61. The standard InChI is InChI=1S/C46H82N14O15/c1-10-23(8)36(45(73)53-25(13-11-12-14-47)38(66)54-29(18-33(50)64)42(70)59-35(22(6)7)46(74)75)60-37(65)24(9)52-39(67)27(16-31(48)62)56-43(71)30(19-61)58-41(69)28(17-32(49)63)55-40(68)26(15-20(2)3)57-44(72)34(51)21(4)5/h20-30,34-36,61H,10-19,47,51H2,1-9H3,(H2,48,62)(H2,49,63)(H2,50,64)(H,52,67)(H,53,73)(H,54,66)(H,55,68)(H,56,71)(H,57,72)(H,58,69)(H,59,70)(H,60,65)(H,74,75)/t23-,24-,25-,26-,27-,28-,29-,30-,34-,35-,36-/m0/s1. The van der Waals surface area contributed by atoms with Crippen molar-refractivity contribution in [3.8, 4) is 0 Å². The Labute approximate surface area is 435 Å². The quantitative estimate of drug-likeness (QED) is 0.0260. The summed E-state index contributed by atoms with van der Waals surface area (Å²) >= 11 is 0. The Morgan fingerprint density at radius 1 is 0.453 bits per heavy atom. The number of hydrogen-bond donors (Lipinski definition) is 16. The van der Waals surface area contributed by atoms with Crippen LogP contribution in [0.2, 0.25) is 0 Å². The highest BCUT2D eigenvalue weighted by Crippen LogP contribution is 2.13. The number of hydrogen-bond acceptors (Lipinski definition) is 16. The van der Waals surface area contributed by atoms with Crippen LogP contribution in [-0.2, 0) is 62.3 Å². The van der Waals surface area contributed by atoms with Crippen LogP contribution in [0.3, 0.4) is 0 Å². The summed E-state index contributed by atoms with van der Waals surface area (Å²) in [6.45, 7) is 13.5. The average molecular weight is 1070 g/mol. The monoisotopic (exact) mass is 1070 g/mol. The third kappa shape index (κ3) is 25.2. The van der Waals surface area contributed by atoms with E-state index in [9.17, 15) is 72.5 Å². The lowest BCUT2D eigenvalue weighted by Gasteiger charge is -2.29. The van der Waals surface area contributed by atoms with Gasteiger partial charge in [0.15, 0.2) is 0 Å². The predicted octanol–water partition coefficient (Wildman–Crippen LogP) is -6.07. The second kappa shape index (κ2) is 33.7. The van der Waals surface area contributed by atoms with Crippen molar-refractivity contribution in [1.29, 1.82) is 0 Å². The van der Waals surface area contributed by atoms with Crippen molar-refractivity contribution in [2.24, 2.45) is 52.3 Å². The molecule has 0 rings (SSSR count). The van der Waals surface area contributed by atoms with E-state index in [0.29, 0.717) is 6.42 Å². The van der Waals surface area contributed by atoms with Gasteiger partial charge in [-0.25, -0.2) is 4.79 Å². The molecule has 29 heteroatoms. The molecule has 426 valence electrons. The minimum absolute atomic E-state index is 0.0518. The number of carboxylic acids is 1. The number of unbranched alkanes of at least 4 members (excludes halogenated alkanes) is 1. The molecule has 0 bridgehead atoms. The highest BCUT2D eigenvalue weighted by molar-refractivity contribution is 6.00. The lowest BCUT2D eigenvalue weighted by atomic mass is 9.97. The molecule has 0 heterocycles. The van der Waals surface area contributed by atoms with Crippen molar-refractivity contribution in [3.05, 3.63) is 0 Å². The van der Waals surface area contributed by atoms with Crippen LogP contribution in [0, 0.1) is 23.7 Å². The van der Waals surface area contributed by atoms with Gasteiger partial charge in [0.1, 0.15) is 54.4 Å². The number of primary amides is 3. The Kier molecular flexibility index (Phi) is 30.6. The molecule has 0 aliphatic carbocycles. The van der Waals surface area contributed by atoms with Gasteiger partial charge in [-0.1, -0.05) is 61.8 Å². The summed E-state index contributed by atoms with van der Waals surface area (Å²) in [5.41, 5.74) is 27.6. The summed E-state index contributed by atoms with van der Waals surface area (Å²) in [5, 5.41) is 40.8. The normalized spacial score (nSPS) is 15.6. The molecular weight excluding hydrogens is 989 g/mol. The molecular formula is C46H82N14O15. The first kappa shape index (κ1) is 68.0. The molecule has 75 heavy (non-hydrogen) atoms. The van der Waals surface area contributed by atoms with Crippen LogP contribution in [0.5, 0.6) is 0 Å². The fraction of sp³-hybridized carbons (Fsp3) is 0.717. The Hall–Kier alpha value is -7.01. The Morgan fingerprint density at radius 2 is 0.840 bits per heavy atom. The van der Waals surface area contributed by atoms with Crippen LogP contribution in [-0.4, -0.2) is 161 Å². The summed E-state index contributed by atoms with van der Waals surface area (Å²) in [4.78, 5) is 169. The number of nitrogens with one attached hydrogen (secondary N) is 9. The SMILES string of the molecule is CC[C@H](C)[C@H](NC(=O)[C@H](C)NC(=O)[C@H](CC(N)=O)NC(=O)[C@H](CO)NC(=O)[C@H](CC(N)=O)NC(=O)[C@H](CC(C)C)NC(=O)[C@@H](N)C(C)C)C(=O)N[C@@H](CCCCN)C(=O)N[C@@H](CC(N)=O)C(=O)N[C@H](C(=O)O)C(C)C. The first-order chi connectivity index (χ1) is 34.8. The van der Waals surface area contributed by atoms with E-state index < -0.39 is 175 Å². The van der Waals surface area contributed by atoms with Crippen LogP contribution in [0.25, 0.3) is 0 Å². The van der Waals surface area contributed by atoms with Crippen molar-refractivity contribution >= 4 is 76.9 Å². The van der Waals surface area contributed by atoms with Crippen molar-refractivity contribution in [2.45, 2.75) is 174 Å². The van der Waals surface area contributed by atoms with Gasteiger partial charge in [0.05, 0.1) is 31.9 Å². The van der Waals surface area contributed by atoms with Gasteiger partial charge in [-0.2, -0.15) is 0 Å². The number of rotatable bonds is 36. The largest absolute Gasteiger partial charge is 0.480 e. The summed E-state index contributed by atoms with van der Waals surface area (Å²) in [7, 11) is 0. The summed E-state index contributed by atoms with van der Waals surface area (Å²) < 4.78 is 0. The van der Waals surface area contributed by atoms with Gasteiger partial charge >= 0.3 is 5.97 Å². The van der Waals surface area contributed by atoms with E-state index in [2.05, 4.69) is 47.9 Å². The van der Waals surface area contributed by atoms with Gasteiger partial charge in [-0.3, -0.25) is 57.5 Å². The number of aliphatic hydroxyl groups excluding tert-OH is 1. The molecule has 21 N–H and O–H groups in total. The van der Waals surface area contributed by atoms with E-state index in [-0.39, 0.29) is 44.1 Å². The summed E-state index contributed by atoms with van der Waals surface area (Å²) in [6, 6.07) is -15.1. The molecule has 0 fully saturated rings. The van der Waals surface area contributed by atoms with E-state index in [0.717, 1.165) is 0 Å². The number of amides is 12. The molecule has 0 aliphatic rings. The van der Waals surface area contributed by atoms with Gasteiger partial charge < -0.3 is 86.7 Å². The van der Waals surface area contributed by atoms with E-state index >= 15 is 0 Å². The van der Waals surface area contributed by atoms with E-state index in [1.807, 2.05) is 0 Å². The molecule has 0 saturated heterocycles. The molecule has 0 saturated carbocycles. The van der Waals surface area contributed by atoms with Crippen LogP contribution in [0.1, 0.15) is 114 Å². The van der Waals surface area contributed by atoms with Crippen molar-refractivity contribution in [3.63, 3.8) is 0 Å². The maximum Gasteiger partial charge on any atom is 0.326 e. The number of carbonyl (C=O) groups is 13. The van der Waals surface area contributed by atoms with Crippen LogP contribution in [0.15, 0.2) is 0 Å². The fourth-order valence-electron chi connectivity index (χ4n) is 6.94. The predicted molar refractivity (Wildman–Crippen MR) is 269 cm³/mol. The number of carbonyl (C=O) groups excluding carboxylic acids is 12. The zero-order chi connectivity index (χ0) is 58.0. The summed E-state index contributed by atoms with van der Waals surface area (Å²) in [5.74, 6) is -15.4. The average Bonchev–Trinajstić information content (AvgIpc) is 3.30. The number of aliphatic hydroxyl groups is 1. The van der Waals surface area contributed by atoms with Gasteiger partial charge in [0.25, 0.3) is 0 Å². The van der Waals surface area contributed by atoms with E-state index in [4.69, 9.17) is 28.7 Å². The minimum Gasteiger partial charge on any atom is -0.480 e. The first-order valence-corrected chi connectivity index (χ1v) is 24.7. The van der Waals surface area contributed by atoms with Crippen LogP contribution in [0.4, 0.5) is 0 Å². The van der Waals surface area contributed by atoms with Gasteiger partial charge in [-0.15, -0.1) is 0 Å². The third-order valence-corrected chi connectivity index (χ3v) is 11.6. The second-order valence-electron chi connectivity index (χ2n) is 19.4. The summed E-state index contributed by atoms with van der Waals surface area (Å²) in [6.07, 6.45) is -1.45. The molecule has 12 amide bonds. The molecule has 0 aromatic carbocycles. The van der Waals surface area contributed by atoms with E-state index in [1.54, 1.807) is 41.5 Å². The lowest BCUT2D eigenvalue weighted by molar-refractivity contribution is -0.143. The van der Waals surface area contributed by atoms with Gasteiger partial charge in [-0.05, 0) is 62.8 Å². The molecule has 0 spiro atoms. The van der Waals surface area contributed by atoms with Crippen molar-refractivity contribution in [2.75, 3.05) is 13.2 Å². The van der Waals surface area contributed by atoms with Crippen LogP contribution < -0.4 is 76.5 Å². The molecule has 0 aromatic heterocycles. The molecule has 29 nitrogen and oxygen atoms in total.